The van der Waals surface area contributed by atoms with Gasteiger partial charge < -0.3 is 15.0 Å². The molecule has 0 aliphatic rings. The molecule has 126 valence electrons. The zero-order valence-corrected chi connectivity index (χ0v) is 13.1. The lowest BCUT2D eigenvalue weighted by molar-refractivity contribution is 0.0795. The number of aromatic amines is 1. The summed E-state index contributed by atoms with van der Waals surface area (Å²) < 4.78 is 5.42. The highest BCUT2D eigenvalue weighted by molar-refractivity contribution is 6.02. The average molecular weight is 330 g/mol. The largest absolute Gasteiger partial charge is 0.483 e. The van der Waals surface area contributed by atoms with Gasteiger partial charge in [0.25, 0.3) is 5.91 Å². The number of rotatable bonds is 5. The molecular formula is C16H18N4O4. The van der Waals surface area contributed by atoms with Crippen LogP contribution in [0.2, 0.25) is 0 Å². The first kappa shape index (κ1) is 17.2. The molecule has 0 atom stereocenters. The second kappa shape index (κ2) is 7.93. The predicted molar refractivity (Wildman–Crippen MR) is 87.3 cm³/mol. The Labute approximate surface area is 138 Å². The maximum atomic E-state index is 12.0. The van der Waals surface area contributed by atoms with Gasteiger partial charge in [0.15, 0.2) is 5.75 Å². The van der Waals surface area contributed by atoms with Crippen LogP contribution in [-0.2, 0) is 6.61 Å². The minimum Gasteiger partial charge on any atom is -0.483 e. The van der Waals surface area contributed by atoms with Gasteiger partial charge >= 0.3 is 6.03 Å². The Morgan fingerprint density at radius 1 is 1.29 bits per heavy atom. The zero-order valence-electron chi connectivity index (χ0n) is 13.1. The Hall–Kier alpha value is -3.13. The molecule has 24 heavy (non-hydrogen) atoms. The van der Waals surface area contributed by atoms with E-state index in [1.165, 1.54) is 6.20 Å². The lowest BCUT2D eigenvalue weighted by Gasteiger charge is -2.14. The molecule has 8 nitrogen and oxygen atoms in total. The van der Waals surface area contributed by atoms with Gasteiger partial charge in [-0.1, -0.05) is 30.3 Å². The van der Waals surface area contributed by atoms with Gasteiger partial charge in [-0.2, -0.15) is 5.01 Å². The van der Waals surface area contributed by atoms with Crippen LogP contribution in [0.4, 0.5) is 4.79 Å². The molecule has 1 aromatic heterocycles. The van der Waals surface area contributed by atoms with Crippen LogP contribution >= 0.6 is 0 Å². The van der Waals surface area contributed by atoms with E-state index in [0.717, 1.165) is 11.6 Å². The number of amides is 3. The Bertz CT molecular complexity index is 773. The number of hydrogen-bond donors (Lipinski definition) is 3. The van der Waals surface area contributed by atoms with E-state index in [9.17, 15) is 14.4 Å². The Morgan fingerprint density at radius 3 is 2.62 bits per heavy atom. The van der Waals surface area contributed by atoms with Crippen molar-refractivity contribution in [3.8, 4) is 5.75 Å². The van der Waals surface area contributed by atoms with Crippen LogP contribution in [0.5, 0.6) is 5.75 Å². The van der Waals surface area contributed by atoms with Crippen LogP contribution in [0.3, 0.4) is 0 Å². The lowest BCUT2D eigenvalue weighted by atomic mass is 10.2. The first-order valence-corrected chi connectivity index (χ1v) is 7.29. The lowest BCUT2D eigenvalue weighted by Crippen LogP contribution is -2.48. The number of nitrogens with one attached hydrogen (secondary N) is 2. The fraction of sp³-hybridized carbons (Fsp3) is 0.188. The summed E-state index contributed by atoms with van der Waals surface area (Å²) >= 11 is 0. The molecule has 2 aromatic rings. The van der Waals surface area contributed by atoms with Crippen LogP contribution in [0, 0.1) is 0 Å². The first-order chi connectivity index (χ1) is 11.5. The van der Waals surface area contributed by atoms with Crippen molar-refractivity contribution >= 4 is 11.9 Å². The van der Waals surface area contributed by atoms with E-state index in [2.05, 4.69) is 10.3 Å². The van der Waals surface area contributed by atoms with Crippen molar-refractivity contribution in [2.45, 2.75) is 13.5 Å². The quantitative estimate of drug-likeness (QED) is 0.429. The second-order valence-corrected chi connectivity index (χ2v) is 4.86. The molecule has 0 bridgehead atoms. The van der Waals surface area contributed by atoms with E-state index in [1.54, 1.807) is 6.92 Å². The van der Waals surface area contributed by atoms with Crippen LogP contribution in [0.1, 0.15) is 23.0 Å². The standard InChI is InChI=1S/C16H18N4O4/c1-2-18-16(23)20(17)15(22)12-8-13(21)14(9-19-12)24-10-11-6-4-3-5-7-11/h3-9H,2,10,17H2,1H3,(H,18,23)(H,19,21). The monoisotopic (exact) mass is 330 g/mol. The minimum atomic E-state index is -0.826. The summed E-state index contributed by atoms with van der Waals surface area (Å²) in [6.07, 6.45) is 1.27. The van der Waals surface area contributed by atoms with E-state index in [1.807, 2.05) is 30.3 Å². The number of hydrazine groups is 1. The second-order valence-electron chi connectivity index (χ2n) is 4.86. The highest BCUT2D eigenvalue weighted by atomic mass is 16.5. The average Bonchev–Trinajstić information content (AvgIpc) is 2.60. The van der Waals surface area contributed by atoms with Crippen molar-refractivity contribution in [1.82, 2.24) is 15.3 Å². The maximum absolute atomic E-state index is 12.0. The number of aromatic nitrogens is 1. The fourth-order valence-electron chi connectivity index (χ4n) is 1.89. The molecule has 0 unspecified atom stereocenters. The number of benzene rings is 1. The third kappa shape index (κ3) is 4.20. The number of pyridine rings is 1. The molecule has 0 spiro atoms. The number of nitrogens with two attached hydrogens (primary N) is 1. The van der Waals surface area contributed by atoms with Gasteiger partial charge in [-0.05, 0) is 12.5 Å². The molecule has 0 aliphatic heterocycles. The Kier molecular flexibility index (Phi) is 5.69. The highest BCUT2D eigenvalue weighted by Crippen LogP contribution is 2.07. The summed E-state index contributed by atoms with van der Waals surface area (Å²) in [7, 11) is 0. The summed E-state index contributed by atoms with van der Waals surface area (Å²) in [4.78, 5) is 38.2. The SMILES string of the molecule is CCNC(=O)N(N)C(=O)c1cc(=O)c(OCc2ccccc2)c[nH]1. The van der Waals surface area contributed by atoms with Gasteiger partial charge in [0.05, 0.1) is 0 Å². The van der Waals surface area contributed by atoms with Crippen molar-refractivity contribution in [2.75, 3.05) is 6.54 Å². The number of nitrogens with zero attached hydrogens (tertiary/aromatic N) is 1. The van der Waals surface area contributed by atoms with Crippen LogP contribution in [0.25, 0.3) is 0 Å². The normalized spacial score (nSPS) is 10.1. The van der Waals surface area contributed by atoms with Crippen molar-refractivity contribution in [1.29, 1.82) is 0 Å². The van der Waals surface area contributed by atoms with Gasteiger partial charge in [0.1, 0.15) is 12.3 Å². The molecular weight excluding hydrogens is 312 g/mol. The fourth-order valence-corrected chi connectivity index (χ4v) is 1.89. The molecule has 2 rings (SSSR count). The van der Waals surface area contributed by atoms with Crippen molar-refractivity contribution in [3.63, 3.8) is 0 Å². The van der Waals surface area contributed by atoms with Gasteiger partial charge in [0.2, 0.25) is 5.43 Å². The topological polar surface area (TPSA) is 118 Å². The third-order valence-corrected chi connectivity index (χ3v) is 3.11. The summed E-state index contributed by atoms with van der Waals surface area (Å²) in [6.45, 7) is 2.23. The van der Waals surface area contributed by atoms with Crippen LogP contribution in [0.15, 0.2) is 47.4 Å². The number of H-pyrrole nitrogens is 1. The van der Waals surface area contributed by atoms with E-state index in [-0.39, 0.29) is 18.1 Å². The number of urea groups is 1. The van der Waals surface area contributed by atoms with Crippen LogP contribution in [-0.4, -0.2) is 28.5 Å². The number of imide groups is 1. The van der Waals surface area contributed by atoms with Gasteiger partial charge in [-0.15, -0.1) is 0 Å². The third-order valence-electron chi connectivity index (χ3n) is 3.11. The van der Waals surface area contributed by atoms with Gasteiger partial charge in [-0.3, -0.25) is 9.59 Å². The van der Waals surface area contributed by atoms with E-state index in [4.69, 9.17) is 10.6 Å². The first-order valence-electron chi connectivity index (χ1n) is 7.29. The number of hydrogen-bond acceptors (Lipinski definition) is 5. The molecule has 0 aliphatic carbocycles. The molecule has 0 saturated heterocycles. The van der Waals surface area contributed by atoms with Gasteiger partial charge in [-0.25, -0.2) is 10.6 Å². The maximum Gasteiger partial charge on any atom is 0.339 e. The number of carbonyl (C=O) groups is 2. The Morgan fingerprint density at radius 2 is 2.00 bits per heavy atom. The molecule has 3 amide bonds. The molecule has 0 radical (unpaired) electrons. The van der Waals surface area contributed by atoms with Crippen LogP contribution < -0.4 is 21.3 Å². The predicted octanol–water partition coefficient (Wildman–Crippen LogP) is 0.999. The summed E-state index contributed by atoms with van der Waals surface area (Å²) in [5.41, 5.74) is 0.305. The molecule has 1 aromatic carbocycles. The van der Waals surface area contributed by atoms with E-state index >= 15 is 0 Å². The molecule has 4 N–H and O–H groups in total. The minimum absolute atomic E-state index is 0.0667. The number of carbonyl (C=O) groups excluding carboxylic acids is 2. The highest BCUT2D eigenvalue weighted by Gasteiger charge is 2.20. The van der Waals surface area contributed by atoms with E-state index in [0.29, 0.717) is 11.6 Å². The summed E-state index contributed by atoms with van der Waals surface area (Å²) in [6, 6.07) is 9.62. The van der Waals surface area contributed by atoms with E-state index < -0.39 is 17.4 Å². The summed E-state index contributed by atoms with van der Waals surface area (Å²) in [5.74, 6) is 4.66. The number of ether oxygens (including phenoxy) is 1. The van der Waals surface area contributed by atoms with Gasteiger partial charge in [0, 0.05) is 18.8 Å². The molecule has 8 heteroatoms. The molecule has 0 fully saturated rings. The van der Waals surface area contributed by atoms with Crippen molar-refractivity contribution in [3.05, 3.63) is 64.1 Å². The smallest absolute Gasteiger partial charge is 0.339 e. The zero-order chi connectivity index (χ0) is 17.5. The summed E-state index contributed by atoms with van der Waals surface area (Å²) in [5, 5.41) is 2.79. The molecule has 0 saturated carbocycles. The molecule has 1 heterocycles. The van der Waals surface area contributed by atoms with Crippen molar-refractivity contribution in [2.24, 2.45) is 5.84 Å². The Balaban J connectivity index is 2.07. The van der Waals surface area contributed by atoms with Crippen molar-refractivity contribution < 1.29 is 14.3 Å².